The maximum atomic E-state index is 14.8. The van der Waals surface area contributed by atoms with Crippen LogP contribution in [-0.4, -0.2) is 60.2 Å². The molecule has 11 heteroatoms. The Kier molecular flexibility index (Phi) is 6.65. The number of nitrogens with zero attached hydrogens (tertiary/aromatic N) is 1. The number of halogens is 5. The van der Waals surface area contributed by atoms with Gasteiger partial charge in [0.1, 0.15) is 11.4 Å². The van der Waals surface area contributed by atoms with Gasteiger partial charge in [0.25, 0.3) is 5.91 Å². The van der Waals surface area contributed by atoms with Gasteiger partial charge in [-0.05, 0) is 79.8 Å². The summed E-state index contributed by atoms with van der Waals surface area (Å²) in [6, 6.07) is 9.35. The van der Waals surface area contributed by atoms with E-state index in [1.807, 2.05) is 0 Å². The van der Waals surface area contributed by atoms with Crippen LogP contribution in [0.15, 0.2) is 42.5 Å². The van der Waals surface area contributed by atoms with E-state index in [1.165, 1.54) is 24.3 Å². The number of alkyl halides is 4. The van der Waals surface area contributed by atoms with Crippen LogP contribution in [-0.2, 0) is 38.6 Å². The van der Waals surface area contributed by atoms with Crippen molar-refractivity contribution in [2.45, 2.75) is 74.4 Å². The molecule has 2 fully saturated rings. The first-order valence-electron chi connectivity index (χ1n) is 13.0. The molecule has 0 bridgehead atoms. The summed E-state index contributed by atoms with van der Waals surface area (Å²) in [5.74, 6) is -1.55. The number of hydrogen-bond acceptors (Lipinski definition) is 4. The van der Waals surface area contributed by atoms with Crippen molar-refractivity contribution in [2.24, 2.45) is 0 Å². The van der Waals surface area contributed by atoms with Crippen molar-refractivity contribution in [3.8, 4) is 0 Å². The highest BCUT2D eigenvalue weighted by Gasteiger charge is 2.57. The summed E-state index contributed by atoms with van der Waals surface area (Å²) in [7, 11) is -3.33. The van der Waals surface area contributed by atoms with Crippen molar-refractivity contribution < 1.29 is 40.3 Å². The Hall–Kier alpha value is -2.53. The van der Waals surface area contributed by atoms with Gasteiger partial charge in [-0.1, -0.05) is 30.3 Å². The number of rotatable bonds is 4. The summed E-state index contributed by atoms with van der Waals surface area (Å²) >= 11 is 0. The number of aliphatic hydroxyl groups is 1. The zero-order valence-corrected chi connectivity index (χ0v) is 22.2. The van der Waals surface area contributed by atoms with Gasteiger partial charge in [-0.3, -0.25) is 4.79 Å². The lowest BCUT2D eigenvalue weighted by molar-refractivity contribution is -0.228. The molecule has 3 unspecified atom stereocenters. The van der Waals surface area contributed by atoms with Crippen LogP contribution >= 0.6 is 0 Å². The molecule has 2 aliphatic heterocycles. The second kappa shape index (κ2) is 9.26. The summed E-state index contributed by atoms with van der Waals surface area (Å²) in [6.07, 6.45) is -4.05. The van der Waals surface area contributed by atoms with Gasteiger partial charge in [-0.25, -0.2) is 17.2 Å². The van der Waals surface area contributed by atoms with E-state index in [9.17, 15) is 40.3 Å². The van der Waals surface area contributed by atoms with Crippen LogP contribution in [0, 0.1) is 5.82 Å². The number of fused-ring (bicyclic) bond motifs is 3. The van der Waals surface area contributed by atoms with Gasteiger partial charge >= 0.3 is 6.18 Å². The predicted octanol–water partition coefficient (Wildman–Crippen LogP) is 4.54. The minimum atomic E-state index is -5.09. The third-order valence-corrected chi connectivity index (χ3v) is 10.6. The number of hydrogen-bond donors (Lipinski definition) is 1. The molecule has 2 heterocycles. The van der Waals surface area contributed by atoms with Crippen LogP contribution in [0.25, 0.3) is 0 Å². The highest BCUT2D eigenvalue weighted by atomic mass is 32.2. The van der Waals surface area contributed by atoms with Crippen molar-refractivity contribution in [1.29, 1.82) is 0 Å². The molecule has 1 aliphatic carbocycles. The van der Waals surface area contributed by atoms with Crippen LogP contribution in [0.4, 0.5) is 22.0 Å². The first-order valence-corrected chi connectivity index (χ1v) is 14.8. The summed E-state index contributed by atoms with van der Waals surface area (Å²) in [4.78, 5) is 15.3. The number of carbonyl (C=O) groups is 1. The number of sulfone groups is 1. The van der Waals surface area contributed by atoms with Gasteiger partial charge in [0, 0.05) is 18.0 Å². The molecule has 1 N–H and O–H groups in total. The Balaban J connectivity index is 1.55. The zero-order chi connectivity index (χ0) is 28.4. The topological polar surface area (TPSA) is 74.7 Å². The Morgan fingerprint density at radius 2 is 1.69 bits per heavy atom. The molecular weight excluding hydrogens is 541 g/mol. The average molecular weight is 572 g/mol. The second-order valence-corrected chi connectivity index (χ2v) is 13.6. The third-order valence-electron chi connectivity index (χ3n) is 8.96. The zero-order valence-electron chi connectivity index (χ0n) is 21.4. The lowest BCUT2D eigenvalue weighted by Gasteiger charge is -2.45. The Bertz CT molecular complexity index is 1380. The quantitative estimate of drug-likeness (QED) is 0.547. The van der Waals surface area contributed by atoms with E-state index in [2.05, 4.69) is 0 Å². The second-order valence-electron chi connectivity index (χ2n) is 11.3. The first kappa shape index (κ1) is 28.0. The fourth-order valence-electron chi connectivity index (χ4n) is 6.59. The lowest BCUT2D eigenvalue weighted by atomic mass is 9.63. The molecule has 0 radical (unpaired) electrons. The van der Waals surface area contributed by atoms with Gasteiger partial charge in [0.15, 0.2) is 9.84 Å². The first-order chi connectivity index (χ1) is 18.1. The van der Waals surface area contributed by atoms with E-state index in [0.717, 1.165) is 11.6 Å². The molecule has 2 aromatic rings. The maximum Gasteiger partial charge on any atom is 0.426 e. The molecule has 2 saturated heterocycles. The fraction of sp³-hybridized carbons (Fsp3) is 0.536. The van der Waals surface area contributed by atoms with E-state index in [4.69, 9.17) is 0 Å². The van der Waals surface area contributed by atoms with Crippen molar-refractivity contribution >= 4 is 15.7 Å². The monoisotopic (exact) mass is 571 g/mol. The van der Waals surface area contributed by atoms with Gasteiger partial charge in [-0.15, -0.1) is 0 Å². The van der Waals surface area contributed by atoms with Crippen molar-refractivity contribution in [2.75, 3.05) is 18.1 Å². The number of carbonyl (C=O) groups excluding carboxylic acids is 1. The largest absolute Gasteiger partial charge is 0.426 e. The minimum Gasteiger partial charge on any atom is -0.380 e. The molecule has 0 saturated carbocycles. The third kappa shape index (κ3) is 4.75. The Labute approximate surface area is 223 Å². The number of likely N-dealkylation sites (tertiary alicyclic amines) is 1. The molecule has 3 aliphatic rings. The average Bonchev–Trinajstić information content (AvgIpc) is 3.25. The summed E-state index contributed by atoms with van der Waals surface area (Å²) in [5.41, 5.74) is -4.57. The molecule has 5 nitrogen and oxygen atoms in total. The number of amides is 1. The van der Waals surface area contributed by atoms with Crippen molar-refractivity contribution in [1.82, 2.24) is 4.90 Å². The number of benzene rings is 2. The molecule has 3 atom stereocenters. The fourth-order valence-corrected chi connectivity index (χ4v) is 8.09. The maximum absolute atomic E-state index is 14.8. The van der Waals surface area contributed by atoms with Crippen LogP contribution < -0.4 is 0 Å². The molecule has 39 heavy (non-hydrogen) atoms. The molecule has 2 aromatic carbocycles. The summed E-state index contributed by atoms with van der Waals surface area (Å²) in [6.45, 7) is 0.750. The molecule has 212 valence electrons. The van der Waals surface area contributed by atoms with Crippen LogP contribution in [0.3, 0.4) is 0 Å². The minimum absolute atomic E-state index is 0.200. The highest BCUT2D eigenvalue weighted by molar-refractivity contribution is 7.91. The SMILES string of the molecule is CC(F)(c1ccc2c(c1)CCC1N(C(=O)C3(O)CCS(=O)(=O)CC3)CCC21Cc1ccc(F)cc1)C(F)(F)F. The summed E-state index contributed by atoms with van der Waals surface area (Å²) in [5, 5.41) is 11.2. The van der Waals surface area contributed by atoms with Gasteiger partial charge in [0.2, 0.25) is 5.67 Å². The van der Waals surface area contributed by atoms with E-state index < -0.39 is 56.0 Å². The lowest BCUT2D eigenvalue weighted by Crippen LogP contribution is -2.57. The molecule has 1 amide bonds. The van der Waals surface area contributed by atoms with Crippen molar-refractivity contribution in [3.05, 3.63) is 70.5 Å². The van der Waals surface area contributed by atoms with E-state index >= 15 is 0 Å². The standard InChI is InChI=1S/C28H30F5NO4S/c1-25(30,28(31,32)33)20-5-8-22-19(16-20)4-9-23-26(22,17-18-2-6-21(29)7-3-18)10-13-34(23)24(35)27(36)11-14-39(37,38)15-12-27/h2-3,5-8,16,23,36H,4,9-15,17H2,1H3. The molecule has 5 rings (SSSR count). The summed E-state index contributed by atoms with van der Waals surface area (Å²) < 4.78 is 92.7. The highest BCUT2D eigenvalue weighted by Crippen LogP contribution is 2.51. The Morgan fingerprint density at radius 3 is 2.31 bits per heavy atom. The van der Waals surface area contributed by atoms with E-state index in [1.54, 1.807) is 17.0 Å². The Morgan fingerprint density at radius 1 is 1.05 bits per heavy atom. The van der Waals surface area contributed by atoms with Gasteiger partial charge < -0.3 is 10.0 Å². The van der Waals surface area contributed by atoms with E-state index in [-0.39, 0.29) is 30.9 Å². The van der Waals surface area contributed by atoms with Crippen LogP contribution in [0.5, 0.6) is 0 Å². The molecular formula is C28H30F5NO4S. The van der Waals surface area contributed by atoms with Gasteiger partial charge in [0.05, 0.1) is 11.5 Å². The van der Waals surface area contributed by atoms with Crippen LogP contribution in [0.1, 0.15) is 54.9 Å². The van der Waals surface area contributed by atoms with Gasteiger partial charge in [-0.2, -0.15) is 13.2 Å². The molecule has 0 aromatic heterocycles. The predicted molar refractivity (Wildman–Crippen MR) is 134 cm³/mol. The number of aryl methyl sites for hydroxylation is 1. The molecule has 0 spiro atoms. The smallest absolute Gasteiger partial charge is 0.380 e. The van der Waals surface area contributed by atoms with Crippen LogP contribution in [0.2, 0.25) is 0 Å². The normalized spacial score (nSPS) is 27.4. The van der Waals surface area contributed by atoms with E-state index in [0.29, 0.717) is 43.7 Å². The van der Waals surface area contributed by atoms with Crippen molar-refractivity contribution in [3.63, 3.8) is 0 Å².